The number of nitrogens with zero attached hydrogens (tertiary/aromatic N) is 1. The Morgan fingerprint density at radius 1 is 1.30 bits per heavy atom. The Balaban J connectivity index is 2.24. The fourth-order valence-electron chi connectivity index (χ4n) is 1.82. The lowest BCUT2D eigenvalue weighted by molar-refractivity contribution is 0.392. The molecule has 2 rings (SSSR count). The van der Waals surface area contributed by atoms with E-state index < -0.39 is 10.0 Å². The standard InChI is InChI=1S/C13H15BrN2O3S/c1-8-4-5-13(12(14)6-8)20(17,18)15-7-11-9(2)16-19-10(11)3/h4-6,15H,7H2,1-3H3. The Kier molecular flexibility index (Phi) is 4.31. The molecule has 0 saturated carbocycles. The van der Waals surface area contributed by atoms with Crippen molar-refractivity contribution in [2.24, 2.45) is 0 Å². The van der Waals surface area contributed by atoms with E-state index in [0.717, 1.165) is 11.1 Å². The topological polar surface area (TPSA) is 72.2 Å². The van der Waals surface area contributed by atoms with Crippen LogP contribution in [-0.4, -0.2) is 13.6 Å². The maximum Gasteiger partial charge on any atom is 0.241 e. The number of sulfonamides is 1. The van der Waals surface area contributed by atoms with E-state index in [0.29, 0.717) is 15.9 Å². The lowest BCUT2D eigenvalue weighted by Crippen LogP contribution is -2.24. The summed E-state index contributed by atoms with van der Waals surface area (Å²) in [5.41, 5.74) is 2.44. The molecule has 5 nitrogen and oxygen atoms in total. The van der Waals surface area contributed by atoms with Crippen molar-refractivity contribution in [3.8, 4) is 0 Å². The molecule has 0 aliphatic heterocycles. The second-order valence-electron chi connectivity index (χ2n) is 4.56. The van der Waals surface area contributed by atoms with E-state index >= 15 is 0 Å². The Morgan fingerprint density at radius 3 is 2.55 bits per heavy atom. The molecule has 0 radical (unpaired) electrons. The molecule has 0 fully saturated rings. The van der Waals surface area contributed by atoms with Crippen LogP contribution < -0.4 is 4.72 Å². The van der Waals surface area contributed by atoms with Crippen LogP contribution in [0.1, 0.15) is 22.6 Å². The Bertz CT molecular complexity index is 719. The van der Waals surface area contributed by atoms with Crippen molar-refractivity contribution in [2.75, 3.05) is 0 Å². The van der Waals surface area contributed by atoms with Gasteiger partial charge in [0, 0.05) is 16.6 Å². The first kappa shape index (κ1) is 15.2. The minimum absolute atomic E-state index is 0.157. The quantitative estimate of drug-likeness (QED) is 0.911. The fourth-order valence-corrected chi connectivity index (χ4v) is 4.01. The summed E-state index contributed by atoms with van der Waals surface area (Å²) in [4.78, 5) is 0.217. The molecule has 0 aliphatic rings. The van der Waals surface area contributed by atoms with Crippen molar-refractivity contribution in [3.63, 3.8) is 0 Å². The average molecular weight is 359 g/mol. The summed E-state index contributed by atoms with van der Waals surface area (Å²) in [5.74, 6) is 0.619. The number of aromatic nitrogens is 1. The van der Waals surface area contributed by atoms with Crippen LogP contribution >= 0.6 is 15.9 Å². The van der Waals surface area contributed by atoms with Crippen molar-refractivity contribution >= 4 is 26.0 Å². The molecule has 1 heterocycles. The second kappa shape index (κ2) is 5.67. The third-order valence-electron chi connectivity index (χ3n) is 3.00. The number of nitrogens with one attached hydrogen (secondary N) is 1. The molecule has 1 aromatic heterocycles. The van der Waals surface area contributed by atoms with Crippen molar-refractivity contribution in [1.29, 1.82) is 0 Å². The van der Waals surface area contributed by atoms with Crippen molar-refractivity contribution < 1.29 is 12.9 Å². The minimum atomic E-state index is -3.58. The minimum Gasteiger partial charge on any atom is -0.361 e. The van der Waals surface area contributed by atoms with Crippen LogP contribution in [0.15, 0.2) is 32.1 Å². The molecule has 0 saturated heterocycles. The van der Waals surface area contributed by atoms with E-state index in [2.05, 4.69) is 25.8 Å². The maximum atomic E-state index is 12.3. The first-order valence-electron chi connectivity index (χ1n) is 5.99. The van der Waals surface area contributed by atoms with E-state index in [1.165, 1.54) is 0 Å². The molecule has 1 N–H and O–H groups in total. The molecule has 0 bridgehead atoms. The van der Waals surface area contributed by atoms with Gasteiger partial charge in [0.05, 0.1) is 10.6 Å². The average Bonchev–Trinajstić information content (AvgIpc) is 2.66. The zero-order valence-corrected chi connectivity index (χ0v) is 13.8. The van der Waals surface area contributed by atoms with Gasteiger partial charge in [-0.15, -0.1) is 0 Å². The summed E-state index contributed by atoms with van der Waals surface area (Å²) < 4.78 is 32.7. The SMILES string of the molecule is Cc1ccc(S(=O)(=O)NCc2c(C)noc2C)c(Br)c1. The number of hydrogen-bond donors (Lipinski definition) is 1. The van der Waals surface area contributed by atoms with Gasteiger partial charge < -0.3 is 4.52 Å². The number of benzene rings is 1. The van der Waals surface area contributed by atoms with Crippen LogP contribution in [0.3, 0.4) is 0 Å². The maximum absolute atomic E-state index is 12.3. The van der Waals surface area contributed by atoms with Gasteiger partial charge >= 0.3 is 0 Å². The highest BCUT2D eigenvalue weighted by Gasteiger charge is 2.19. The van der Waals surface area contributed by atoms with Crippen LogP contribution in [0.2, 0.25) is 0 Å². The molecule has 0 amide bonds. The van der Waals surface area contributed by atoms with Crippen LogP contribution in [-0.2, 0) is 16.6 Å². The summed E-state index contributed by atoms with van der Waals surface area (Å²) in [5, 5.41) is 3.80. The Hall–Kier alpha value is -1.18. The van der Waals surface area contributed by atoms with E-state index in [4.69, 9.17) is 4.52 Å². The number of rotatable bonds is 4. The Morgan fingerprint density at radius 2 is 2.00 bits per heavy atom. The van der Waals surface area contributed by atoms with Crippen LogP contribution in [0, 0.1) is 20.8 Å². The summed E-state index contributed by atoms with van der Waals surface area (Å²) >= 11 is 3.28. The van der Waals surface area contributed by atoms with Gasteiger partial charge in [-0.3, -0.25) is 0 Å². The predicted molar refractivity (Wildman–Crippen MR) is 78.9 cm³/mol. The van der Waals surface area contributed by atoms with Gasteiger partial charge in [-0.1, -0.05) is 11.2 Å². The van der Waals surface area contributed by atoms with Gasteiger partial charge in [-0.05, 0) is 54.4 Å². The summed E-state index contributed by atoms with van der Waals surface area (Å²) in [6.07, 6.45) is 0. The highest BCUT2D eigenvalue weighted by molar-refractivity contribution is 9.10. The fraction of sp³-hybridized carbons (Fsp3) is 0.308. The number of aryl methyl sites for hydroxylation is 3. The third-order valence-corrected chi connectivity index (χ3v) is 5.38. The Labute approximate surface area is 126 Å². The van der Waals surface area contributed by atoms with E-state index in [9.17, 15) is 8.42 Å². The normalized spacial score (nSPS) is 11.8. The molecule has 0 spiro atoms. The van der Waals surface area contributed by atoms with Crippen molar-refractivity contribution in [3.05, 3.63) is 45.3 Å². The zero-order chi connectivity index (χ0) is 14.9. The first-order chi connectivity index (χ1) is 9.31. The van der Waals surface area contributed by atoms with Crippen molar-refractivity contribution in [1.82, 2.24) is 9.88 Å². The van der Waals surface area contributed by atoms with E-state index in [1.54, 1.807) is 32.0 Å². The summed E-state index contributed by atoms with van der Waals surface area (Å²) in [7, 11) is -3.58. The molecule has 2 aromatic rings. The lowest BCUT2D eigenvalue weighted by atomic mass is 10.2. The molecule has 0 aliphatic carbocycles. The van der Waals surface area contributed by atoms with Gasteiger partial charge in [-0.2, -0.15) is 0 Å². The highest BCUT2D eigenvalue weighted by atomic mass is 79.9. The second-order valence-corrected chi connectivity index (χ2v) is 7.15. The lowest BCUT2D eigenvalue weighted by Gasteiger charge is -2.09. The van der Waals surface area contributed by atoms with Gasteiger partial charge in [-0.25, -0.2) is 13.1 Å². The zero-order valence-electron chi connectivity index (χ0n) is 11.4. The van der Waals surface area contributed by atoms with Gasteiger partial charge in [0.1, 0.15) is 5.76 Å². The molecule has 108 valence electrons. The molecular weight excluding hydrogens is 344 g/mol. The molecule has 0 unspecified atom stereocenters. The molecule has 7 heteroatoms. The van der Waals surface area contributed by atoms with Crippen LogP contribution in [0.25, 0.3) is 0 Å². The predicted octanol–water partition coefficient (Wildman–Crippen LogP) is 2.84. The molecule has 0 atom stereocenters. The van der Waals surface area contributed by atoms with Crippen LogP contribution in [0.5, 0.6) is 0 Å². The highest BCUT2D eigenvalue weighted by Crippen LogP contribution is 2.23. The van der Waals surface area contributed by atoms with Crippen molar-refractivity contribution in [2.45, 2.75) is 32.2 Å². The summed E-state index contributed by atoms with van der Waals surface area (Å²) in [6.45, 7) is 5.59. The number of halogens is 1. The van der Waals surface area contributed by atoms with E-state index in [-0.39, 0.29) is 11.4 Å². The smallest absolute Gasteiger partial charge is 0.241 e. The molecular formula is C13H15BrN2O3S. The van der Waals surface area contributed by atoms with Gasteiger partial charge in [0.2, 0.25) is 10.0 Å². The molecule has 1 aromatic carbocycles. The number of hydrogen-bond acceptors (Lipinski definition) is 4. The van der Waals surface area contributed by atoms with Gasteiger partial charge in [0.25, 0.3) is 0 Å². The summed E-state index contributed by atoms with van der Waals surface area (Å²) in [6, 6.07) is 5.11. The monoisotopic (exact) mass is 358 g/mol. The van der Waals surface area contributed by atoms with Gasteiger partial charge in [0.15, 0.2) is 0 Å². The third kappa shape index (κ3) is 3.11. The van der Waals surface area contributed by atoms with E-state index in [1.807, 2.05) is 6.92 Å². The van der Waals surface area contributed by atoms with Crippen LogP contribution in [0.4, 0.5) is 0 Å². The largest absolute Gasteiger partial charge is 0.361 e. The first-order valence-corrected chi connectivity index (χ1v) is 8.26. The molecule has 20 heavy (non-hydrogen) atoms.